The molecule has 0 aliphatic carbocycles. The van der Waals surface area contributed by atoms with Gasteiger partial charge in [-0.2, -0.15) is 13.2 Å². The molecule has 0 bridgehead atoms. The largest absolute Gasteiger partial charge is 0.417 e. The zero-order valence-corrected chi connectivity index (χ0v) is 9.66. The Morgan fingerprint density at radius 2 is 1.87 bits per heavy atom. The lowest BCUT2D eigenvalue weighted by molar-refractivity contribution is -0.138. The van der Waals surface area contributed by atoms with Crippen molar-refractivity contribution in [2.24, 2.45) is 0 Å². The number of alkyl halides is 5. The van der Waals surface area contributed by atoms with E-state index < -0.39 is 32.6 Å². The van der Waals surface area contributed by atoms with Crippen LogP contribution in [0.5, 0.6) is 0 Å². The monoisotopic (exact) mass is 357 g/mol. The third-order valence-corrected chi connectivity index (χ3v) is 2.79. The lowest BCUT2D eigenvalue weighted by Gasteiger charge is -2.12. The van der Waals surface area contributed by atoms with Gasteiger partial charge in [0.1, 0.15) is 10.8 Å². The van der Waals surface area contributed by atoms with Gasteiger partial charge in [0.25, 0.3) is 6.43 Å². The maximum absolute atomic E-state index is 12.3. The average molecular weight is 357 g/mol. The van der Waals surface area contributed by atoms with Crippen LogP contribution in [0.1, 0.15) is 17.7 Å². The molecule has 8 heteroatoms. The molecule has 1 aromatic rings. The van der Waals surface area contributed by atoms with Crippen LogP contribution in [-0.2, 0) is 6.18 Å². The van der Waals surface area contributed by atoms with Crippen LogP contribution in [0.2, 0.25) is 5.15 Å². The molecule has 0 atom stereocenters. The van der Waals surface area contributed by atoms with Crippen LogP contribution in [0.3, 0.4) is 0 Å². The highest BCUT2D eigenvalue weighted by atomic mass is 127. The Balaban J connectivity index is 3.42. The highest BCUT2D eigenvalue weighted by molar-refractivity contribution is 14.1. The zero-order valence-electron chi connectivity index (χ0n) is 6.75. The summed E-state index contributed by atoms with van der Waals surface area (Å²) in [4.78, 5) is 3.15. The second-order valence-corrected chi connectivity index (χ2v) is 3.96. The maximum atomic E-state index is 12.3. The number of nitrogens with zero attached hydrogens (tertiary/aromatic N) is 1. The summed E-state index contributed by atoms with van der Waals surface area (Å²) in [5, 5.41) is -0.599. The molecule has 0 aromatic carbocycles. The van der Waals surface area contributed by atoms with Crippen molar-refractivity contribution in [1.29, 1.82) is 0 Å². The third-order valence-electron chi connectivity index (χ3n) is 1.46. The van der Waals surface area contributed by atoms with Crippen molar-refractivity contribution in [1.82, 2.24) is 4.98 Å². The second kappa shape index (κ2) is 4.36. The predicted molar refractivity (Wildman–Crippen MR) is 51.9 cm³/mol. The Bertz CT molecular complexity index is 378. The molecular weight excluding hydrogens is 355 g/mol. The van der Waals surface area contributed by atoms with Crippen molar-refractivity contribution >= 4 is 34.2 Å². The van der Waals surface area contributed by atoms with Gasteiger partial charge in [-0.3, -0.25) is 0 Å². The van der Waals surface area contributed by atoms with Crippen LogP contribution in [-0.4, -0.2) is 4.98 Å². The fourth-order valence-electron chi connectivity index (χ4n) is 0.868. The van der Waals surface area contributed by atoms with Crippen molar-refractivity contribution in [3.05, 3.63) is 26.0 Å². The fourth-order valence-corrected chi connectivity index (χ4v) is 1.89. The summed E-state index contributed by atoms with van der Waals surface area (Å²) in [6.45, 7) is 0. The smallest absolute Gasteiger partial charge is 0.234 e. The van der Waals surface area contributed by atoms with Gasteiger partial charge in [-0.15, -0.1) is 0 Å². The summed E-state index contributed by atoms with van der Waals surface area (Å²) in [6.07, 6.45) is -7.80. The van der Waals surface area contributed by atoms with Gasteiger partial charge < -0.3 is 0 Å². The second-order valence-electron chi connectivity index (χ2n) is 2.49. The van der Waals surface area contributed by atoms with Gasteiger partial charge in [-0.25, -0.2) is 13.8 Å². The Morgan fingerprint density at radius 1 is 1.33 bits per heavy atom. The van der Waals surface area contributed by atoms with Gasteiger partial charge in [0, 0.05) is 0 Å². The minimum Gasteiger partial charge on any atom is -0.234 e. The van der Waals surface area contributed by atoms with E-state index in [0.29, 0.717) is 6.07 Å². The van der Waals surface area contributed by atoms with Crippen molar-refractivity contribution in [3.8, 4) is 0 Å². The molecule has 0 spiro atoms. The van der Waals surface area contributed by atoms with E-state index in [1.54, 1.807) is 0 Å². The van der Waals surface area contributed by atoms with E-state index in [0.717, 1.165) is 0 Å². The lowest BCUT2D eigenvalue weighted by Crippen LogP contribution is -2.11. The van der Waals surface area contributed by atoms with Crippen molar-refractivity contribution < 1.29 is 22.0 Å². The first kappa shape index (κ1) is 12.9. The van der Waals surface area contributed by atoms with E-state index in [-0.39, 0.29) is 0 Å². The molecule has 0 N–H and O–H groups in total. The molecule has 0 unspecified atom stereocenters. The first-order chi connectivity index (χ1) is 6.73. The average Bonchev–Trinajstić information content (AvgIpc) is 2.06. The van der Waals surface area contributed by atoms with E-state index in [1.165, 1.54) is 22.6 Å². The highest BCUT2D eigenvalue weighted by Gasteiger charge is 2.36. The van der Waals surface area contributed by atoms with Crippen LogP contribution in [0.4, 0.5) is 22.0 Å². The van der Waals surface area contributed by atoms with Crippen LogP contribution >= 0.6 is 34.2 Å². The number of pyridine rings is 1. The Kier molecular flexibility index (Phi) is 3.75. The quantitative estimate of drug-likeness (QED) is 0.415. The first-order valence-corrected chi connectivity index (χ1v) is 4.90. The first-order valence-electron chi connectivity index (χ1n) is 3.44. The van der Waals surface area contributed by atoms with Gasteiger partial charge in [-0.05, 0) is 28.7 Å². The molecule has 0 aliphatic heterocycles. The molecule has 84 valence electrons. The summed E-state index contributed by atoms with van der Waals surface area (Å²) in [5.74, 6) is 0. The topological polar surface area (TPSA) is 12.9 Å². The Labute approximate surface area is 99.8 Å². The van der Waals surface area contributed by atoms with Crippen LogP contribution in [0.15, 0.2) is 6.07 Å². The van der Waals surface area contributed by atoms with Crippen molar-refractivity contribution in [2.75, 3.05) is 0 Å². The molecule has 0 saturated carbocycles. The molecule has 15 heavy (non-hydrogen) atoms. The van der Waals surface area contributed by atoms with E-state index in [4.69, 9.17) is 11.6 Å². The van der Waals surface area contributed by atoms with Crippen LogP contribution < -0.4 is 0 Å². The fraction of sp³-hybridized carbons (Fsp3) is 0.286. The summed E-state index contributed by atoms with van der Waals surface area (Å²) in [6, 6.07) is 0.523. The van der Waals surface area contributed by atoms with Crippen molar-refractivity contribution in [2.45, 2.75) is 12.6 Å². The van der Waals surface area contributed by atoms with Gasteiger partial charge in [0.2, 0.25) is 0 Å². The van der Waals surface area contributed by atoms with E-state index >= 15 is 0 Å². The van der Waals surface area contributed by atoms with Crippen LogP contribution in [0.25, 0.3) is 0 Å². The Morgan fingerprint density at radius 3 is 2.27 bits per heavy atom. The SMILES string of the molecule is FC(F)c1nc(Cl)cc(C(F)(F)F)c1I. The molecule has 1 heterocycles. The van der Waals surface area contributed by atoms with Gasteiger partial charge in [0.05, 0.1) is 9.13 Å². The summed E-state index contributed by atoms with van der Waals surface area (Å²) < 4.78 is 60.9. The summed E-state index contributed by atoms with van der Waals surface area (Å²) >= 11 is 6.40. The minimum absolute atomic E-state index is 0.523. The van der Waals surface area contributed by atoms with Crippen molar-refractivity contribution in [3.63, 3.8) is 0 Å². The highest BCUT2D eigenvalue weighted by Crippen LogP contribution is 2.37. The van der Waals surface area contributed by atoms with Gasteiger partial charge in [-0.1, -0.05) is 11.6 Å². The molecule has 1 nitrogen and oxygen atoms in total. The predicted octanol–water partition coefficient (Wildman–Crippen LogP) is 4.30. The van der Waals surface area contributed by atoms with Crippen LogP contribution in [0, 0.1) is 3.57 Å². The van der Waals surface area contributed by atoms with E-state index in [9.17, 15) is 22.0 Å². The molecule has 1 rings (SSSR count). The molecule has 0 radical (unpaired) electrons. The van der Waals surface area contributed by atoms with E-state index in [1.807, 2.05) is 0 Å². The molecule has 0 amide bonds. The summed E-state index contributed by atoms with van der Waals surface area (Å²) in [7, 11) is 0. The molecule has 0 saturated heterocycles. The standard InChI is InChI=1S/C7H2ClF5IN/c8-3-1-2(7(11,12)13)4(14)5(15-3)6(9)10/h1,6H. The number of halogens is 7. The number of hydrogen-bond donors (Lipinski definition) is 0. The number of aromatic nitrogens is 1. The molecular formula is C7H2ClF5IN. The normalized spacial score (nSPS) is 12.3. The molecule has 1 aromatic heterocycles. The Hall–Kier alpha value is -0.180. The zero-order chi connectivity index (χ0) is 11.8. The van der Waals surface area contributed by atoms with Gasteiger partial charge in [0.15, 0.2) is 0 Å². The number of hydrogen-bond acceptors (Lipinski definition) is 1. The summed E-state index contributed by atoms with van der Waals surface area (Å²) in [5.41, 5.74) is -2.14. The van der Waals surface area contributed by atoms with Gasteiger partial charge >= 0.3 is 6.18 Å². The third kappa shape index (κ3) is 2.90. The van der Waals surface area contributed by atoms with E-state index in [2.05, 4.69) is 4.98 Å². The molecule has 0 aliphatic rings. The maximum Gasteiger partial charge on any atom is 0.417 e. The minimum atomic E-state index is -4.72. The lowest BCUT2D eigenvalue weighted by atomic mass is 10.2. The molecule has 0 fully saturated rings. The number of rotatable bonds is 1.